The Morgan fingerprint density at radius 1 is 1.62 bits per heavy atom. The van der Waals surface area contributed by atoms with Crippen molar-refractivity contribution >= 4 is 11.6 Å². The van der Waals surface area contributed by atoms with Gasteiger partial charge in [-0.2, -0.15) is 5.10 Å². The third kappa shape index (κ3) is 4.10. The molecule has 0 fully saturated rings. The number of hydrogen-bond acceptors (Lipinski definition) is 2. The maximum atomic E-state index is 5.47. The minimum Gasteiger partial charge on any atom is -0.308 e. The number of aryl methyl sites for hydroxylation is 1. The molecule has 0 amide bonds. The predicted molar refractivity (Wildman–Crippen MR) is 54.8 cm³/mol. The Bertz CT molecular complexity index is 268. The summed E-state index contributed by atoms with van der Waals surface area (Å²) >= 11 is 5.47. The van der Waals surface area contributed by atoms with Crippen LogP contribution in [0.3, 0.4) is 0 Å². The van der Waals surface area contributed by atoms with Crippen molar-refractivity contribution in [3.8, 4) is 0 Å². The lowest BCUT2D eigenvalue weighted by molar-refractivity contribution is 0.692. The molecule has 1 rings (SSSR count). The lowest BCUT2D eigenvalue weighted by Gasteiger charge is -1.96. The van der Waals surface area contributed by atoms with Crippen LogP contribution in [0.25, 0.3) is 0 Å². The molecule has 1 N–H and O–H groups in total. The second kappa shape index (κ2) is 5.78. The van der Waals surface area contributed by atoms with Crippen LogP contribution in [0.4, 0.5) is 0 Å². The number of nitrogens with one attached hydrogen (secondary N) is 1. The molecule has 0 aliphatic rings. The molecule has 0 spiro atoms. The molecule has 0 saturated heterocycles. The fraction of sp³-hybridized carbons (Fsp3) is 0.444. The van der Waals surface area contributed by atoms with E-state index in [0.717, 1.165) is 18.8 Å². The van der Waals surface area contributed by atoms with E-state index >= 15 is 0 Å². The summed E-state index contributed by atoms with van der Waals surface area (Å²) in [5, 5.41) is 7.46. The largest absolute Gasteiger partial charge is 0.308 e. The topological polar surface area (TPSA) is 29.9 Å². The third-order valence-electron chi connectivity index (χ3n) is 1.59. The van der Waals surface area contributed by atoms with Crippen LogP contribution in [0.5, 0.6) is 0 Å². The van der Waals surface area contributed by atoms with Gasteiger partial charge < -0.3 is 5.32 Å². The van der Waals surface area contributed by atoms with Gasteiger partial charge in [0.1, 0.15) is 0 Å². The van der Waals surface area contributed by atoms with E-state index in [1.165, 1.54) is 0 Å². The number of allylic oxidation sites excluding steroid dienone is 1. The minimum absolute atomic E-state index is 0.575. The van der Waals surface area contributed by atoms with Crippen molar-refractivity contribution in [1.82, 2.24) is 15.1 Å². The van der Waals surface area contributed by atoms with Crippen LogP contribution >= 0.6 is 11.6 Å². The van der Waals surface area contributed by atoms with Crippen LogP contribution in [0, 0.1) is 0 Å². The minimum atomic E-state index is 0.575. The first-order chi connectivity index (χ1) is 6.33. The first kappa shape index (κ1) is 10.3. The monoisotopic (exact) mass is 199 g/mol. The van der Waals surface area contributed by atoms with E-state index in [1.807, 2.05) is 31.5 Å². The second-order valence-electron chi connectivity index (χ2n) is 2.74. The summed E-state index contributed by atoms with van der Waals surface area (Å²) in [4.78, 5) is 0. The predicted octanol–water partition coefficient (Wildman–Crippen LogP) is 1.30. The summed E-state index contributed by atoms with van der Waals surface area (Å²) in [7, 11) is 1.91. The van der Waals surface area contributed by atoms with Crippen molar-refractivity contribution in [2.45, 2.75) is 6.54 Å². The fourth-order valence-electron chi connectivity index (χ4n) is 0.987. The zero-order chi connectivity index (χ0) is 9.52. The summed E-state index contributed by atoms with van der Waals surface area (Å²) in [6, 6.07) is 2.00. The lowest BCUT2D eigenvalue weighted by Crippen LogP contribution is -2.13. The fourth-order valence-corrected chi connectivity index (χ4v) is 1.11. The number of halogens is 1. The molecule has 1 aromatic rings. The smallest absolute Gasteiger partial charge is 0.0762 e. The van der Waals surface area contributed by atoms with Gasteiger partial charge in [0.25, 0.3) is 0 Å². The molecular weight excluding hydrogens is 186 g/mol. The van der Waals surface area contributed by atoms with Crippen LogP contribution in [0.15, 0.2) is 24.4 Å². The third-order valence-corrected chi connectivity index (χ3v) is 1.77. The highest BCUT2D eigenvalue weighted by atomic mass is 35.5. The highest BCUT2D eigenvalue weighted by Crippen LogP contribution is 1.92. The summed E-state index contributed by atoms with van der Waals surface area (Å²) in [6.45, 7) is 1.64. The van der Waals surface area contributed by atoms with Crippen LogP contribution in [0.1, 0.15) is 5.69 Å². The Kier molecular flexibility index (Phi) is 4.57. The van der Waals surface area contributed by atoms with Gasteiger partial charge in [-0.1, -0.05) is 12.2 Å². The van der Waals surface area contributed by atoms with Gasteiger partial charge in [0.15, 0.2) is 0 Å². The first-order valence-electron chi connectivity index (χ1n) is 4.23. The average molecular weight is 200 g/mol. The van der Waals surface area contributed by atoms with Crippen molar-refractivity contribution in [3.05, 3.63) is 30.1 Å². The Balaban J connectivity index is 2.16. The van der Waals surface area contributed by atoms with Gasteiger partial charge >= 0.3 is 0 Å². The summed E-state index contributed by atoms with van der Waals surface area (Å²) in [6.07, 6.45) is 5.87. The molecule has 4 heteroatoms. The van der Waals surface area contributed by atoms with Gasteiger partial charge in [-0.15, -0.1) is 11.6 Å². The van der Waals surface area contributed by atoms with Crippen LogP contribution < -0.4 is 5.32 Å². The van der Waals surface area contributed by atoms with Crippen LogP contribution in [-0.4, -0.2) is 22.2 Å². The molecule has 0 bridgehead atoms. The zero-order valence-electron chi connectivity index (χ0n) is 7.70. The maximum absolute atomic E-state index is 5.47. The summed E-state index contributed by atoms with van der Waals surface area (Å²) in [5.74, 6) is 0.575. The number of aromatic nitrogens is 2. The lowest BCUT2D eigenvalue weighted by atomic mass is 10.4. The Morgan fingerprint density at radius 2 is 2.46 bits per heavy atom. The maximum Gasteiger partial charge on any atom is 0.0762 e. The molecule has 72 valence electrons. The van der Waals surface area contributed by atoms with E-state index in [1.54, 1.807) is 4.68 Å². The molecule has 0 atom stereocenters. The Morgan fingerprint density at radius 3 is 3.08 bits per heavy atom. The zero-order valence-corrected chi connectivity index (χ0v) is 8.46. The molecule has 1 heterocycles. The van der Waals surface area contributed by atoms with Crippen molar-refractivity contribution < 1.29 is 0 Å². The Labute approximate surface area is 83.4 Å². The van der Waals surface area contributed by atoms with E-state index in [9.17, 15) is 0 Å². The van der Waals surface area contributed by atoms with Crippen LogP contribution in [-0.2, 0) is 13.6 Å². The molecule has 0 aliphatic carbocycles. The highest BCUT2D eigenvalue weighted by Gasteiger charge is 1.93. The summed E-state index contributed by atoms with van der Waals surface area (Å²) in [5.41, 5.74) is 1.06. The number of alkyl halides is 1. The van der Waals surface area contributed by atoms with Gasteiger partial charge in [0.2, 0.25) is 0 Å². The van der Waals surface area contributed by atoms with Gasteiger partial charge in [0, 0.05) is 32.2 Å². The van der Waals surface area contributed by atoms with Crippen molar-refractivity contribution in [2.75, 3.05) is 12.4 Å². The Hall–Kier alpha value is -0.800. The van der Waals surface area contributed by atoms with Gasteiger partial charge in [0.05, 0.1) is 5.69 Å². The molecule has 0 aromatic carbocycles. The summed E-state index contributed by atoms with van der Waals surface area (Å²) < 4.78 is 1.80. The number of hydrogen-bond donors (Lipinski definition) is 1. The standard InChI is InChI=1S/C9H14ClN3/c1-13-7-4-9(12-13)8-11-6-3-2-5-10/h2-4,7,11H,5-6,8H2,1H3/b3-2+. The molecule has 0 saturated carbocycles. The second-order valence-corrected chi connectivity index (χ2v) is 3.05. The molecule has 13 heavy (non-hydrogen) atoms. The molecule has 0 unspecified atom stereocenters. The normalized spacial score (nSPS) is 11.2. The van der Waals surface area contributed by atoms with Gasteiger partial charge in [-0.25, -0.2) is 0 Å². The van der Waals surface area contributed by atoms with E-state index in [-0.39, 0.29) is 0 Å². The first-order valence-corrected chi connectivity index (χ1v) is 4.76. The van der Waals surface area contributed by atoms with E-state index < -0.39 is 0 Å². The van der Waals surface area contributed by atoms with Crippen molar-refractivity contribution in [2.24, 2.45) is 7.05 Å². The van der Waals surface area contributed by atoms with Gasteiger partial charge in [-0.3, -0.25) is 4.68 Å². The number of nitrogens with zero attached hydrogens (tertiary/aromatic N) is 2. The SMILES string of the molecule is Cn1ccc(CNC/C=C/CCl)n1. The number of rotatable bonds is 5. The van der Waals surface area contributed by atoms with E-state index in [0.29, 0.717) is 5.88 Å². The molecule has 0 radical (unpaired) electrons. The molecule has 3 nitrogen and oxygen atoms in total. The van der Waals surface area contributed by atoms with Crippen molar-refractivity contribution in [1.29, 1.82) is 0 Å². The van der Waals surface area contributed by atoms with Gasteiger partial charge in [-0.05, 0) is 6.07 Å². The van der Waals surface area contributed by atoms with Crippen LogP contribution in [0.2, 0.25) is 0 Å². The molecular formula is C9H14ClN3. The van der Waals surface area contributed by atoms with E-state index in [2.05, 4.69) is 10.4 Å². The molecule has 1 aromatic heterocycles. The van der Waals surface area contributed by atoms with Crippen molar-refractivity contribution in [3.63, 3.8) is 0 Å². The highest BCUT2D eigenvalue weighted by molar-refractivity contribution is 6.18. The van der Waals surface area contributed by atoms with E-state index in [4.69, 9.17) is 11.6 Å². The molecule has 0 aliphatic heterocycles. The average Bonchev–Trinajstić information content (AvgIpc) is 2.51. The quantitative estimate of drug-likeness (QED) is 0.440.